The van der Waals surface area contributed by atoms with E-state index >= 15 is 0 Å². The van der Waals surface area contributed by atoms with Crippen molar-refractivity contribution in [2.24, 2.45) is 0 Å². The van der Waals surface area contributed by atoms with E-state index in [1.165, 1.54) is 0 Å². The number of hydrogen-bond donors (Lipinski definition) is 1. The minimum atomic E-state index is 0.0538. The van der Waals surface area contributed by atoms with Gasteiger partial charge in [0.15, 0.2) is 0 Å². The molecular formula is C9H16N2O2. The van der Waals surface area contributed by atoms with Gasteiger partial charge in [0.25, 0.3) is 0 Å². The van der Waals surface area contributed by atoms with E-state index < -0.39 is 0 Å². The van der Waals surface area contributed by atoms with Crippen molar-refractivity contribution in [3.8, 4) is 0 Å². The Morgan fingerprint density at radius 1 is 1.23 bits per heavy atom. The minimum absolute atomic E-state index is 0.0538. The molecule has 2 aliphatic rings. The molecule has 0 aromatic heterocycles. The number of rotatable bonds is 1. The van der Waals surface area contributed by atoms with Crippen molar-refractivity contribution in [3.05, 3.63) is 0 Å². The van der Waals surface area contributed by atoms with Crippen LogP contribution in [0.4, 0.5) is 0 Å². The van der Waals surface area contributed by atoms with E-state index in [-0.39, 0.29) is 6.10 Å². The number of morpholine rings is 1. The number of nitrogens with zero attached hydrogens (tertiary/aromatic N) is 1. The lowest BCUT2D eigenvalue weighted by molar-refractivity contribution is 0.0591. The van der Waals surface area contributed by atoms with E-state index in [1.807, 2.05) is 0 Å². The Hall–Kier alpha value is -0.610. The van der Waals surface area contributed by atoms with E-state index in [0.717, 1.165) is 45.8 Å². The van der Waals surface area contributed by atoms with Crippen LogP contribution < -0.4 is 0 Å². The summed E-state index contributed by atoms with van der Waals surface area (Å²) in [5.74, 6) is 0.654. The molecule has 2 aliphatic heterocycles. The fourth-order valence-electron chi connectivity index (χ4n) is 1.80. The molecule has 0 aliphatic carbocycles. The van der Waals surface area contributed by atoms with E-state index in [2.05, 4.69) is 4.90 Å². The Balaban J connectivity index is 1.87. The van der Waals surface area contributed by atoms with Crippen LogP contribution in [0.2, 0.25) is 0 Å². The molecule has 74 valence electrons. The first kappa shape index (κ1) is 8.97. The maximum atomic E-state index is 7.93. The molecular weight excluding hydrogens is 168 g/mol. The lowest BCUT2D eigenvalue weighted by Crippen LogP contribution is -2.45. The number of hydrogen-bond acceptors (Lipinski definition) is 3. The first-order chi connectivity index (χ1) is 6.38. The van der Waals surface area contributed by atoms with Gasteiger partial charge in [0.05, 0.1) is 13.2 Å². The van der Waals surface area contributed by atoms with Crippen LogP contribution in [-0.2, 0) is 9.47 Å². The Kier molecular flexibility index (Phi) is 2.80. The second kappa shape index (κ2) is 4.07. The Labute approximate surface area is 78.3 Å². The molecule has 2 fully saturated rings. The Morgan fingerprint density at radius 3 is 2.62 bits per heavy atom. The van der Waals surface area contributed by atoms with Crippen molar-refractivity contribution in [1.82, 2.24) is 4.90 Å². The van der Waals surface area contributed by atoms with E-state index in [1.54, 1.807) is 0 Å². The molecule has 2 heterocycles. The quantitative estimate of drug-likeness (QED) is 0.476. The summed E-state index contributed by atoms with van der Waals surface area (Å²) >= 11 is 0. The zero-order valence-corrected chi connectivity index (χ0v) is 7.79. The fraction of sp³-hybridized carbons (Fsp3) is 0.889. The molecule has 0 spiro atoms. The molecule has 1 atom stereocenters. The van der Waals surface area contributed by atoms with E-state index in [4.69, 9.17) is 14.9 Å². The highest BCUT2D eigenvalue weighted by molar-refractivity contribution is 5.84. The highest BCUT2D eigenvalue weighted by Gasteiger charge is 2.25. The number of ether oxygens (including phenoxy) is 2. The Morgan fingerprint density at radius 2 is 2.00 bits per heavy atom. The molecule has 13 heavy (non-hydrogen) atoms. The smallest absolute Gasteiger partial charge is 0.126 e. The van der Waals surface area contributed by atoms with Crippen molar-refractivity contribution in [2.45, 2.75) is 18.9 Å². The monoisotopic (exact) mass is 184 g/mol. The van der Waals surface area contributed by atoms with Gasteiger partial charge in [-0.25, -0.2) is 0 Å². The number of nitrogens with one attached hydrogen (secondary N) is 1. The normalized spacial score (nSPS) is 29.2. The third-order valence-electron chi connectivity index (χ3n) is 2.59. The molecule has 4 heteroatoms. The molecule has 0 saturated carbocycles. The van der Waals surface area contributed by atoms with Crippen molar-refractivity contribution in [1.29, 1.82) is 5.41 Å². The highest BCUT2D eigenvalue weighted by Crippen LogP contribution is 2.15. The third kappa shape index (κ3) is 2.00. The fourth-order valence-corrected chi connectivity index (χ4v) is 1.80. The maximum absolute atomic E-state index is 7.93. The zero-order valence-electron chi connectivity index (χ0n) is 7.79. The van der Waals surface area contributed by atoms with Gasteiger partial charge in [-0.15, -0.1) is 0 Å². The van der Waals surface area contributed by atoms with E-state index in [9.17, 15) is 0 Å². The first-order valence-electron chi connectivity index (χ1n) is 4.90. The van der Waals surface area contributed by atoms with Crippen LogP contribution in [0.5, 0.6) is 0 Å². The third-order valence-corrected chi connectivity index (χ3v) is 2.59. The Bertz CT molecular complexity index is 184. The number of amidine groups is 1. The molecule has 0 bridgehead atoms. The van der Waals surface area contributed by atoms with Crippen LogP contribution in [0.15, 0.2) is 0 Å². The van der Waals surface area contributed by atoms with Gasteiger partial charge < -0.3 is 14.4 Å². The average Bonchev–Trinajstić information content (AvgIpc) is 2.71. The molecule has 1 unspecified atom stereocenters. The van der Waals surface area contributed by atoms with Gasteiger partial charge in [0.1, 0.15) is 11.9 Å². The first-order valence-corrected chi connectivity index (χ1v) is 4.90. The molecule has 4 nitrogen and oxygen atoms in total. The highest BCUT2D eigenvalue weighted by atomic mass is 16.5. The second-order valence-corrected chi connectivity index (χ2v) is 3.49. The molecule has 1 N–H and O–H groups in total. The SMILES string of the molecule is N=C(C1CCCO1)N1CCOCC1. The molecule has 2 rings (SSSR count). The van der Waals surface area contributed by atoms with Gasteiger partial charge in [-0.1, -0.05) is 0 Å². The molecule has 0 radical (unpaired) electrons. The summed E-state index contributed by atoms with van der Waals surface area (Å²) in [6.45, 7) is 4.00. The van der Waals surface area contributed by atoms with E-state index in [0.29, 0.717) is 5.84 Å². The molecule has 0 aromatic rings. The van der Waals surface area contributed by atoms with Crippen LogP contribution >= 0.6 is 0 Å². The van der Waals surface area contributed by atoms with Gasteiger partial charge in [0.2, 0.25) is 0 Å². The maximum Gasteiger partial charge on any atom is 0.126 e. The summed E-state index contributed by atoms with van der Waals surface area (Å²) in [6, 6.07) is 0. The summed E-state index contributed by atoms with van der Waals surface area (Å²) in [7, 11) is 0. The summed E-state index contributed by atoms with van der Waals surface area (Å²) in [6.07, 6.45) is 2.16. The van der Waals surface area contributed by atoms with Gasteiger partial charge in [-0.2, -0.15) is 0 Å². The molecule has 0 aromatic carbocycles. The topological polar surface area (TPSA) is 45.5 Å². The molecule has 2 saturated heterocycles. The lowest BCUT2D eigenvalue weighted by Gasteiger charge is -2.31. The summed E-state index contributed by atoms with van der Waals surface area (Å²) in [5.41, 5.74) is 0. The van der Waals surface area contributed by atoms with Gasteiger partial charge in [0, 0.05) is 19.7 Å². The zero-order chi connectivity index (χ0) is 9.10. The van der Waals surface area contributed by atoms with Gasteiger partial charge in [-0.05, 0) is 12.8 Å². The van der Waals surface area contributed by atoms with Crippen molar-refractivity contribution < 1.29 is 9.47 Å². The van der Waals surface area contributed by atoms with Crippen LogP contribution in [0.1, 0.15) is 12.8 Å². The summed E-state index contributed by atoms with van der Waals surface area (Å²) in [4.78, 5) is 2.07. The van der Waals surface area contributed by atoms with Crippen LogP contribution in [-0.4, -0.2) is 49.7 Å². The van der Waals surface area contributed by atoms with Crippen LogP contribution in [0.25, 0.3) is 0 Å². The summed E-state index contributed by atoms with van der Waals surface area (Å²) < 4.78 is 10.7. The van der Waals surface area contributed by atoms with Gasteiger partial charge in [-0.3, -0.25) is 5.41 Å². The van der Waals surface area contributed by atoms with Crippen LogP contribution in [0.3, 0.4) is 0 Å². The van der Waals surface area contributed by atoms with Crippen molar-refractivity contribution in [3.63, 3.8) is 0 Å². The lowest BCUT2D eigenvalue weighted by atomic mass is 10.2. The predicted molar refractivity (Wildman–Crippen MR) is 49.1 cm³/mol. The van der Waals surface area contributed by atoms with Crippen molar-refractivity contribution >= 4 is 5.84 Å². The largest absolute Gasteiger partial charge is 0.378 e. The second-order valence-electron chi connectivity index (χ2n) is 3.49. The standard InChI is InChI=1S/C9H16N2O2/c10-9(8-2-1-5-13-8)11-3-6-12-7-4-11/h8,10H,1-7H2. The van der Waals surface area contributed by atoms with Gasteiger partial charge >= 0.3 is 0 Å². The van der Waals surface area contributed by atoms with Crippen LogP contribution in [0, 0.1) is 5.41 Å². The summed E-state index contributed by atoms with van der Waals surface area (Å²) in [5, 5.41) is 7.93. The predicted octanol–water partition coefficient (Wildman–Crippen LogP) is 0.475. The molecule has 0 amide bonds. The minimum Gasteiger partial charge on any atom is -0.378 e. The van der Waals surface area contributed by atoms with Crippen molar-refractivity contribution in [2.75, 3.05) is 32.9 Å². The average molecular weight is 184 g/mol.